The van der Waals surface area contributed by atoms with E-state index in [9.17, 15) is 0 Å². The van der Waals surface area contributed by atoms with E-state index in [1.165, 1.54) is 27.1 Å². The van der Waals surface area contributed by atoms with Crippen LogP contribution in [0.25, 0.3) is 21.5 Å². The summed E-state index contributed by atoms with van der Waals surface area (Å²) < 4.78 is 0. The van der Waals surface area contributed by atoms with Crippen molar-refractivity contribution in [3.63, 3.8) is 0 Å². The Balaban J connectivity index is 0.000000179. The van der Waals surface area contributed by atoms with Crippen LogP contribution < -0.4 is 0 Å². The van der Waals surface area contributed by atoms with Gasteiger partial charge in [-0.15, -0.1) is 0 Å². The van der Waals surface area contributed by atoms with Gasteiger partial charge >= 0.3 is 0 Å². The van der Waals surface area contributed by atoms with Crippen LogP contribution in [0.1, 0.15) is 20.3 Å². The maximum absolute atomic E-state index is 3.62. The van der Waals surface area contributed by atoms with Gasteiger partial charge in [-0.25, -0.2) is 0 Å². The maximum Gasteiger partial charge on any atom is -0.00943 e. The quantitative estimate of drug-likeness (QED) is 0.403. The van der Waals surface area contributed by atoms with Gasteiger partial charge in [0, 0.05) is 0 Å². The summed E-state index contributed by atoms with van der Waals surface area (Å²) in [7, 11) is 0. The second-order valence-electron chi connectivity index (χ2n) is 5.48. The van der Waals surface area contributed by atoms with Gasteiger partial charge in [0.25, 0.3) is 0 Å². The number of hydrogen-bond acceptors (Lipinski definition) is 0. The lowest BCUT2D eigenvalue weighted by Crippen LogP contribution is -1.77. The van der Waals surface area contributed by atoms with Crippen molar-refractivity contribution >= 4 is 21.5 Å². The van der Waals surface area contributed by atoms with Crippen LogP contribution in [-0.2, 0) is 0 Å². The number of benzene rings is 3. The molecule has 3 aromatic rings. The molecule has 126 valence electrons. The summed E-state index contributed by atoms with van der Waals surface area (Å²) in [6.45, 7) is 7.62. The minimum atomic E-state index is 1.04. The van der Waals surface area contributed by atoms with Crippen LogP contribution in [0.2, 0.25) is 0 Å². The van der Waals surface area contributed by atoms with Gasteiger partial charge in [-0.1, -0.05) is 118 Å². The first-order valence-corrected chi connectivity index (χ1v) is 8.90. The van der Waals surface area contributed by atoms with Crippen LogP contribution in [-0.4, -0.2) is 0 Å². The molecule has 0 nitrogen and oxygen atoms in total. The largest absolute Gasteiger partial charge is 0.0991 e. The molecule has 3 aromatic carbocycles. The van der Waals surface area contributed by atoms with Gasteiger partial charge in [0.2, 0.25) is 0 Å². The highest BCUT2D eigenvalue weighted by molar-refractivity contribution is 6.07. The number of fused-ring (bicyclic) bond motifs is 3. The van der Waals surface area contributed by atoms with Gasteiger partial charge in [0.15, 0.2) is 0 Å². The summed E-state index contributed by atoms with van der Waals surface area (Å²) in [6, 6.07) is 21.4. The van der Waals surface area contributed by atoms with E-state index in [-0.39, 0.29) is 0 Å². The van der Waals surface area contributed by atoms with Crippen LogP contribution in [0.4, 0.5) is 0 Å². The lowest BCUT2D eigenvalue weighted by atomic mass is 10.0. The lowest BCUT2D eigenvalue weighted by molar-refractivity contribution is 1.26. The van der Waals surface area contributed by atoms with Crippen LogP contribution in [0, 0.1) is 0 Å². The molecule has 0 atom stereocenters. The Morgan fingerprint density at radius 1 is 0.760 bits per heavy atom. The molecule has 0 saturated carbocycles. The first-order chi connectivity index (χ1) is 12.4. The van der Waals surface area contributed by atoms with Crippen LogP contribution >= 0.6 is 0 Å². The summed E-state index contributed by atoms with van der Waals surface area (Å²) in [4.78, 5) is 0. The van der Waals surface area contributed by atoms with Crippen molar-refractivity contribution in [1.29, 1.82) is 0 Å². The van der Waals surface area contributed by atoms with Crippen molar-refractivity contribution < 1.29 is 0 Å². The molecule has 1 aliphatic carbocycles. The molecule has 0 N–H and O–H groups in total. The SMILES string of the molecule is C=C/C=C1\C=CC=CC1.CC.c1ccc2c(c1)ccc1ccccc12. The molecule has 0 aromatic heterocycles. The molecule has 0 bridgehead atoms. The third kappa shape index (κ3) is 5.06. The zero-order chi connectivity index (χ0) is 17.9. The van der Waals surface area contributed by atoms with Gasteiger partial charge in [0.05, 0.1) is 0 Å². The molecule has 1 aliphatic rings. The van der Waals surface area contributed by atoms with Gasteiger partial charge in [-0.05, 0) is 33.5 Å². The monoisotopic (exact) mass is 326 g/mol. The zero-order valence-corrected chi connectivity index (χ0v) is 15.2. The molecule has 0 aliphatic heterocycles. The average molecular weight is 326 g/mol. The van der Waals surface area contributed by atoms with E-state index in [1.54, 1.807) is 0 Å². The second kappa shape index (κ2) is 10.1. The molecular formula is C25H26. The first kappa shape index (κ1) is 18.5. The molecule has 0 heterocycles. The van der Waals surface area contributed by atoms with Crippen LogP contribution in [0.5, 0.6) is 0 Å². The smallest absolute Gasteiger partial charge is 0.00943 e. The third-order valence-electron chi connectivity index (χ3n) is 3.90. The normalized spacial score (nSPS) is 13.8. The molecule has 0 radical (unpaired) electrons. The fraction of sp³-hybridized carbons (Fsp3) is 0.120. The zero-order valence-electron chi connectivity index (χ0n) is 15.2. The van der Waals surface area contributed by atoms with Crippen molar-refractivity contribution in [2.24, 2.45) is 0 Å². The summed E-state index contributed by atoms with van der Waals surface area (Å²) in [5.41, 5.74) is 1.33. The Bertz CT molecular complexity index is 853. The number of rotatable bonds is 1. The molecule has 0 spiro atoms. The van der Waals surface area contributed by atoms with Gasteiger partial charge in [0.1, 0.15) is 0 Å². The molecule has 0 heteroatoms. The van der Waals surface area contributed by atoms with E-state index in [0.717, 1.165) is 6.42 Å². The lowest BCUT2D eigenvalue weighted by Gasteiger charge is -2.02. The molecule has 0 fully saturated rings. The molecule has 0 unspecified atom stereocenters. The fourth-order valence-corrected chi connectivity index (χ4v) is 2.76. The first-order valence-electron chi connectivity index (χ1n) is 8.90. The van der Waals surface area contributed by atoms with Crippen molar-refractivity contribution in [2.75, 3.05) is 0 Å². The number of hydrogen-bond donors (Lipinski definition) is 0. The molecule has 0 amide bonds. The number of allylic oxidation sites excluding steroid dienone is 7. The van der Waals surface area contributed by atoms with E-state index in [2.05, 4.69) is 85.5 Å². The van der Waals surface area contributed by atoms with E-state index in [0.29, 0.717) is 0 Å². The van der Waals surface area contributed by atoms with Crippen LogP contribution in [0.15, 0.2) is 109 Å². The van der Waals surface area contributed by atoms with E-state index in [4.69, 9.17) is 0 Å². The molecule has 4 rings (SSSR count). The van der Waals surface area contributed by atoms with Crippen LogP contribution in [0.3, 0.4) is 0 Å². The summed E-state index contributed by atoms with van der Waals surface area (Å²) in [6.07, 6.45) is 13.2. The Morgan fingerprint density at radius 2 is 1.32 bits per heavy atom. The minimum Gasteiger partial charge on any atom is -0.0991 e. The maximum atomic E-state index is 3.62. The highest BCUT2D eigenvalue weighted by Gasteiger charge is 1.97. The summed E-state index contributed by atoms with van der Waals surface area (Å²) >= 11 is 0. The molecular weight excluding hydrogens is 300 g/mol. The van der Waals surface area contributed by atoms with Crippen molar-refractivity contribution in [3.05, 3.63) is 109 Å². The van der Waals surface area contributed by atoms with Gasteiger partial charge < -0.3 is 0 Å². The van der Waals surface area contributed by atoms with E-state index >= 15 is 0 Å². The summed E-state index contributed by atoms with van der Waals surface area (Å²) in [5.74, 6) is 0. The van der Waals surface area contributed by atoms with Gasteiger partial charge in [-0.3, -0.25) is 0 Å². The van der Waals surface area contributed by atoms with Crippen molar-refractivity contribution in [1.82, 2.24) is 0 Å². The second-order valence-corrected chi connectivity index (χ2v) is 5.48. The molecule has 0 saturated heterocycles. The van der Waals surface area contributed by atoms with Gasteiger partial charge in [-0.2, -0.15) is 0 Å². The molecule has 25 heavy (non-hydrogen) atoms. The fourth-order valence-electron chi connectivity index (χ4n) is 2.76. The topological polar surface area (TPSA) is 0 Å². The Kier molecular flexibility index (Phi) is 7.46. The summed E-state index contributed by atoms with van der Waals surface area (Å²) in [5, 5.41) is 5.30. The van der Waals surface area contributed by atoms with E-state index < -0.39 is 0 Å². The average Bonchev–Trinajstić information content (AvgIpc) is 2.71. The minimum absolute atomic E-state index is 1.04. The van der Waals surface area contributed by atoms with Crippen molar-refractivity contribution in [3.8, 4) is 0 Å². The Labute approximate surface area is 151 Å². The standard InChI is InChI=1S/C14H10.C9H10.C2H6/c1-3-7-13-11(5-1)9-10-12-6-2-4-8-14(12)13;1-2-6-9-7-4-3-5-8-9;1-2/h1-10H;2-7H,1,8H2;1-2H3/b;9-6+;. The Morgan fingerprint density at radius 3 is 1.80 bits per heavy atom. The predicted octanol–water partition coefficient (Wildman–Crippen LogP) is 7.63. The van der Waals surface area contributed by atoms with E-state index in [1.807, 2.05) is 32.1 Å². The van der Waals surface area contributed by atoms with Crippen molar-refractivity contribution in [2.45, 2.75) is 20.3 Å². The highest BCUT2D eigenvalue weighted by atomic mass is 14.0. The Hall–Kier alpha value is -2.86. The highest BCUT2D eigenvalue weighted by Crippen LogP contribution is 2.24. The third-order valence-corrected chi connectivity index (χ3v) is 3.90. The predicted molar refractivity (Wildman–Crippen MR) is 114 cm³/mol.